The highest BCUT2D eigenvalue weighted by Crippen LogP contribution is 2.29. The summed E-state index contributed by atoms with van der Waals surface area (Å²) >= 11 is 0. The summed E-state index contributed by atoms with van der Waals surface area (Å²) in [4.78, 5) is 0. The molecule has 21 heavy (non-hydrogen) atoms. The molecule has 108 valence electrons. The number of nitrogen functional groups attached to an aromatic ring is 1. The van der Waals surface area contributed by atoms with Gasteiger partial charge in [0.05, 0.1) is 16.9 Å². The normalized spacial score (nSPS) is 10.8. The van der Waals surface area contributed by atoms with Crippen LogP contribution in [-0.2, 0) is 0 Å². The Balaban J connectivity index is 2.25. The highest BCUT2D eigenvalue weighted by Gasteiger charge is 2.31. The van der Waals surface area contributed by atoms with E-state index in [9.17, 15) is 13.2 Å². The van der Waals surface area contributed by atoms with E-state index in [4.69, 9.17) is 11.0 Å². The van der Waals surface area contributed by atoms with Gasteiger partial charge < -0.3 is 15.8 Å². The molecule has 2 aromatic carbocycles. The topological polar surface area (TPSA) is 71.1 Å². The van der Waals surface area contributed by atoms with Gasteiger partial charge >= 0.3 is 6.36 Å². The number of alkyl halides is 3. The summed E-state index contributed by atoms with van der Waals surface area (Å²) < 4.78 is 40.3. The molecule has 0 heterocycles. The third-order valence-corrected chi connectivity index (χ3v) is 2.57. The van der Waals surface area contributed by atoms with Crippen LogP contribution in [-0.4, -0.2) is 6.36 Å². The number of anilines is 3. The standard InChI is InChI=1S/C14H10F3N3O/c15-14(16,17)21-11-5-2-4-10(7-11)20-12-6-1-3-9(8-18)13(12)19/h1-7,20H,19H2. The molecule has 0 amide bonds. The van der Waals surface area contributed by atoms with E-state index in [1.165, 1.54) is 18.2 Å². The number of nitriles is 1. The van der Waals surface area contributed by atoms with Gasteiger partial charge in [-0.2, -0.15) is 5.26 Å². The minimum Gasteiger partial charge on any atom is -0.406 e. The Labute approximate surface area is 118 Å². The first-order valence-corrected chi connectivity index (χ1v) is 5.80. The number of benzene rings is 2. The zero-order chi connectivity index (χ0) is 15.5. The quantitative estimate of drug-likeness (QED) is 0.845. The van der Waals surface area contributed by atoms with Crippen molar-refractivity contribution in [1.29, 1.82) is 5.26 Å². The highest BCUT2D eigenvalue weighted by atomic mass is 19.4. The van der Waals surface area contributed by atoms with Crippen molar-refractivity contribution >= 4 is 17.1 Å². The van der Waals surface area contributed by atoms with Crippen molar-refractivity contribution in [3.8, 4) is 11.8 Å². The lowest BCUT2D eigenvalue weighted by atomic mass is 10.1. The van der Waals surface area contributed by atoms with Gasteiger partial charge in [0, 0.05) is 11.8 Å². The van der Waals surface area contributed by atoms with E-state index in [1.54, 1.807) is 24.3 Å². The Hall–Kier alpha value is -2.88. The monoisotopic (exact) mass is 293 g/mol. The minimum absolute atomic E-state index is 0.224. The number of para-hydroxylation sites is 1. The molecule has 2 aromatic rings. The van der Waals surface area contributed by atoms with Crippen LogP contribution in [0.4, 0.5) is 30.2 Å². The fourth-order valence-corrected chi connectivity index (χ4v) is 1.70. The molecular formula is C14H10F3N3O. The maximum Gasteiger partial charge on any atom is 0.573 e. The lowest BCUT2D eigenvalue weighted by Gasteiger charge is -2.13. The van der Waals surface area contributed by atoms with Gasteiger partial charge in [0.1, 0.15) is 11.8 Å². The summed E-state index contributed by atoms with van der Waals surface area (Å²) in [6.07, 6.45) is -4.75. The fourth-order valence-electron chi connectivity index (χ4n) is 1.70. The molecule has 0 saturated carbocycles. The van der Waals surface area contributed by atoms with Crippen LogP contribution in [0.1, 0.15) is 5.56 Å². The predicted molar refractivity (Wildman–Crippen MR) is 72.0 cm³/mol. The van der Waals surface area contributed by atoms with Gasteiger partial charge in [0.2, 0.25) is 0 Å². The van der Waals surface area contributed by atoms with E-state index in [2.05, 4.69) is 10.1 Å². The molecule has 3 N–H and O–H groups in total. The average molecular weight is 293 g/mol. The zero-order valence-corrected chi connectivity index (χ0v) is 10.6. The van der Waals surface area contributed by atoms with E-state index in [-0.39, 0.29) is 17.0 Å². The van der Waals surface area contributed by atoms with E-state index < -0.39 is 6.36 Å². The number of ether oxygens (including phenoxy) is 1. The van der Waals surface area contributed by atoms with Crippen LogP contribution in [0.2, 0.25) is 0 Å². The second-order valence-corrected chi connectivity index (χ2v) is 4.08. The summed E-state index contributed by atoms with van der Waals surface area (Å²) in [6.45, 7) is 0. The molecule has 7 heteroatoms. The van der Waals surface area contributed by atoms with Gasteiger partial charge in [-0.25, -0.2) is 0 Å². The molecule has 0 fully saturated rings. The lowest BCUT2D eigenvalue weighted by molar-refractivity contribution is -0.274. The van der Waals surface area contributed by atoms with E-state index in [0.29, 0.717) is 11.4 Å². The third-order valence-electron chi connectivity index (χ3n) is 2.57. The van der Waals surface area contributed by atoms with Crippen molar-refractivity contribution in [2.24, 2.45) is 0 Å². The Morgan fingerprint density at radius 2 is 1.86 bits per heavy atom. The number of rotatable bonds is 3. The van der Waals surface area contributed by atoms with Gasteiger partial charge in [0.25, 0.3) is 0 Å². The van der Waals surface area contributed by atoms with Crippen LogP contribution in [0, 0.1) is 11.3 Å². The molecule has 0 aliphatic heterocycles. The Bertz CT molecular complexity index is 693. The number of hydrogen-bond acceptors (Lipinski definition) is 4. The van der Waals surface area contributed by atoms with Crippen LogP contribution in [0.3, 0.4) is 0 Å². The molecule has 0 aliphatic carbocycles. The smallest absolute Gasteiger partial charge is 0.406 e. The summed E-state index contributed by atoms with van der Waals surface area (Å²) in [7, 11) is 0. The van der Waals surface area contributed by atoms with Crippen molar-refractivity contribution < 1.29 is 17.9 Å². The molecule has 0 saturated heterocycles. The molecule has 0 aliphatic rings. The van der Waals surface area contributed by atoms with Crippen molar-refractivity contribution in [3.05, 3.63) is 48.0 Å². The molecule has 0 spiro atoms. The highest BCUT2D eigenvalue weighted by molar-refractivity contribution is 5.77. The molecule has 4 nitrogen and oxygen atoms in total. The van der Waals surface area contributed by atoms with Crippen LogP contribution < -0.4 is 15.8 Å². The molecule has 0 bridgehead atoms. The molecule has 0 atom stereocenters. The first kappa shape index (κ1) is 14.5. The number of nitrogens with zero attached hydrogens (tertiary/aromatic N) is 1. The Kier molecular flexibility index (Phi) is 3.89. The zero-order valence-electron chi connectivity index (χ0n) is 10.6. The number of nitrogens with one attached hydrogen (secondary N) is 1. The van der Waals surface area contributed by atoms with E-state index >= 15 is 0 Å². The largest absolute Gasteiger partial charge is 0.573 e. The first-order valence-electron chi connectivity index (χ1n) is 5.80. The first-order chi connectivity index (χ1) is 9.89. The van der Waals surface area contributed by atoms with Crippen LogP contribution >= 0.6 is 0 Å². The minimum atomic E-state index is -4.75. The molecule has 0 aromatic heterocycles. The number of hydrogen-bond donors (Lipinski definition) is 2. The summed E-state index contributed by atoms with van der Waals surface area (Å²) in [5.74, 6) is -0.345. The van der Waals surface area contributed by atoms with Crippen LogP contribution in [0.25, 0.3) is 0 Å². The van der Waals surface area contributed by atoms with Crippen molar-refractivity contribution in [2.75, 3.05) is 11.1 Å². The van der Waals surface area contributed by atoms with Crippen molar-refractivity contribution in [2.45, 2.75) is 6.36 Å². The second kappa shape index (κ2) is 5.63. The fraction of sp³-hybridized carbons (Fsp3) is 0.0714. The second-order valence-electron chi connectivity index (χ2n) is 4.08. The van der Waals surface area contributed by atoms with Gasteiger partial charge in [-0.1, -0.05) is 12.1 Å². The lowest BCUT2D eigenvalue weighted by Crippen LogP contribution is -2.17. The van der Waals surface area contributed by atoms with Crippen molar-refractivity contribution in [1.82, 2.24) is 0 Å². The van der Waals surface area contributed by atoms with Crippen molar-refractivity contribution in [3.63, 3.8) is 0 Å². The Morgan fingerprint density at radius 1 is 1.14 bits per heavy atom. The van der Waals surface area contributed by atoms with E-state index in [0.717, 1.165) is 0 Å². The predicted octanol–water partition coefficient (Wildman–Crippen LogP) is 3.78. The molecule has 0 unspecified atom stereocenters. The summed E-state index contributed by atoms with van der Waals surface area (Å²) in [5, 5.41) is 11.7. The SMILES string of the molecule is N#Cc1cccc(Nc2cccc(OC(F)(F)F)c2)c1N. The maximum absolute atomic E-state index is 12.2. The number of nitrogens with two attached hydrogens (primary N) is 1. The molecule has 2 rings (SSSR count). The summed E-state index contributed by atoms with van der Waals surface area (Å²) in [5.41, 5.74) is 7.08. The third kappa shape index (κ3) is 3.79. The Morgan fingerprint density at radius 3 is 2.52 bits per heavy atom. The molecular weight excluding hydrogens is 283 g/mol. The maximum atomic E-state index is 12.2. The van der Waals surface area contributed by atoms with E-state index in [1.807, 2.05) is 6.07 Å². The van der Waals surface area contributed by atoms with Gasteiger partial charge in [0.15, 0.2) is 0 Å². The summed E-state index contributed by atoms with van der Waals surface area (Å²) in [6, 6.07) is 12.1. The van der Waals surface area contributed by atoms with Gasteiger partial charge in [-0.05, 0) is 24.3 Å². The molecule has 0 radical (unpaired) electrons. The number of halogens is 3. The van der Waals surface area contributed by atoms with Gasteiger partial charge in [-0.3, -0.25) is 0 Å². The average Bonchev–Trinajstić information content (AvgIpc) is 2.40. The van der Waals surface area contributed by atoms with Gasteiger partial charge in [-0.15, -0.1) is 13.2 Å². The van der Waals surface area contributed by atoms with Crippen LogP contribution in [0.5, 0.6) is 5.75 Å². The van der Waals surface area contributed by atoms with Crippen LogP contribution in [0.15, 0.2) is 42.5 Å².